The van der Waals surface area contributed by atoms with Gasteiger partial charge in [0.05, 0.1) is 6.10 Å². The second kappa shape index (κ2) is 10.0. The van der Waals surface area contributed by atoms with E-state index >= 15 is 0 Å². The van der Waals surface area contributed by atoms with E-state index in [1.807, 2.05) is 0 Å². The Labute approximate surface area is 138 Å². The number of hydrogen-bond donors (Lipinski definition) is 6. The highest BCUT2D eigenvalue weighted by molar-refractivity contribution is 7.99. The van der Waals surface area contributed by atoms with Gasteiger partial charge in [-0.15, -0.1) is 0 Å². The van der Waals surface area contributed by atoms with E-state index in [1.165, 1.54) is 11.8 Å². The quantitative estimate of drug-likeness (QED) is 0.300. The minimum absolute atomic E-state index is 0.313. The summed E-state index contributed by atoms with van der Waals surface area (Å²) in [6, 6.07) is -0.895. The molecule has 0 aliphatic carbocycles. The molecule has 0 bridgehead atoms. The summed E-state index contributed by atoms with van der Waals surface area (Å²) in [5.41, 5.74) is 5.31. The van der Waals surface area contributed by atoms with E-state index in [0.29, 0.717) is 17.9 Å². The Hall–Kier alpha value is -1.12. The van der Waals surface area contributed by atoms with Crippen molar-refractivity contribution in [1.29, 1.82) is 0 Å². The monoisotopic (exact) mass is 381 g/mol. The number of ether oxygens (including phenoxy) is 1. The summed E-state index contributed by atoms with van der Waals surface area (Å²) >= 11 is 1.35. The molecule has 0 unspecified atom stereocenters. The third kappa shape index (κ3) is 8.12. The van der Waals surface area contributed by atoms with Crippen LogP contribution < -0.4 is 5.73 Å². The molecule has 13 heteroatoms. The molecular weight excluding hydrogens is 363 g/mol. The Morgan fingerprint density at radius 2 is 1.67 bits per heavy atom. The van der Waals surface area contributed by atoms with Crippen molar-refractivity contribution < 1.29 is 53.0 Å². The largest absolute Gasteiger partial charge is 0.490 e. The number of aliphatic hydroxyl groups is 3. The van der Waals surface area contributed by atoms with E-state index in [-0.39, 0.29) is 0 Å². The van der Waals surface area contributed by atoms with Crippen molar-refractivity contribution in [3.05, 3.63) is 0 Å². The molecule has 1 heterocycles. The number of carboxylic acids is 2. The third-order valence-electron chi connectivity index (χ3n) is 2.75. The van der Waals surface area contributed by atoms with Crippen LogP contribution in [0.5, 0.6) is 0 Å². The lowest BCUT2D eigenvalue weighted by atomic mass is 10.2. The van der Waals surface area contributed by atoms with Crippen LogP contribution in [0, 0.1) is 0 Å². The highest BCUT2D eigenvalue weighted by atomic mass is 32.2. The first kappa shape index (κ1) is 22.9. The third-order valence-corrected chi connectivity index (χ3v) is 3.84. The van der Waals surface area contributed by atoms with Gasteiger partial charge in [0.2, 0.25) is 0 Å². The van der Waals surface area contributed by atoms with Crippen LogP contribution in [0.25, 0.3) is 0 Å². The lowest BCUT2D eigenvalue weighted by Gasteiger charge is -2.14. The Morgan fingerprint density at radius 1 is 1.17 bits per heavy atom. The van der Waals surface area contributed by atoms with Crippen LogP contribution in [-0.4, -0.2) is 85.8 Å². The van der Waals surface area contributed by atoms with Gasteiger partial charge in [0, 0.05) is 5.75 Å². The fraction of sp³-hybridized carbons (Fsp3) is 0.818. The Morgan fingerprint density at radius 3 is 2.00 bits per heavy atom. The molecule has 1 aliphatic rings. The summed E-state index contributed by atoms with van der Waals surface area (Å²) in [5.74, 6) is -2.94. The number of hydrogen-bond acceptors (Lipinski definition) is 8. The maximum Gasteiger partial charge on any atom is 0.490 e. The van der Waals surface area contributed by atoms with Gasteiger partial charge >= 0.3 is 18.1 Å². The smallest absolute Gasteiger partial charge is 0.480 e. The van der Waals surface area contributed by atoms with Crippen molar-refractivity contribution in [2.24, 2.45) is 5.73 Å². The average molecular weight is 381 g/mol. The number of aliphatic carboxylic acids is 2. The minimum atomic E-state index is -5.08. The number of halogens is 3. The van der Waals surface area contributed by atoms with Gasteiger partial charge < -0.3 is 36.0 Å². The lowest BCUT2D eigenvalue weighted by Crippen LogP contribution is -2.33. The van der Waals surface area contributed by atoms with Crippen molar-refractivity contribution >= 4 is 23.7 Å². The molecule has 1 saturated heterocycles. The van der Waals surface area contributed by atoms with Crippen molar-refractivity contribution in [1.82, 2.24) is 0 Å². The molecule has 0 saturated carbocycles. The standard InChI is InChI=1S/C9H17NO6S.C2HF3O2/c10-4(8(13)14)1-2-17-3-5-6(11)7(12)9(15)16-5;3-2(4,5)1(6)7/h4-7,9,11-12,15H,1-3,10H2,(H,13,14);(H,6,7)/t4-,5+,6+,7+,9-;/m0./s1. The zero-order valence-corrected chi connectivity index (χ0v) is 12.9. The van der Waals surface area contributed by atoms with Crippen LogP contribution in [0.3, 0.4) is 0 Å². The van der Waals surface area contributed by atoms with Gasteiger partial charge in [0.25, 0.3) is 0 Å². The van der Waals surface area contributed by atoms with E-state index < -0.39 is 48.8 Å². The average Bonchev–Trinajstić information content (AvgIpc) is 2.70. The molecule has 0 aromatic heterocycles. The molecule has 0 spiro atoms. The van der Waals surface area contributed by atoms with Gasteiger partial charge in [0.15, 0.2) is 6.29 Å². The Bertz CT molecular complexity index is 425. The second-order valence-corrected chi connectivity index (χ2v) is 5.81. The summed E-state index contributed by atoms with van der Waals surface area (Å²) in [6.45, 7) is 0. The Balaban J connectivity index is 0.000000640. The van der Waals surface area contributed by atoms with Gasteiger partial charge in [-0.2, -0.15) is 24.9 Å². The normalized spacial score (nSPS) is 28.0. The molecule has 0 aromatic rings. The molecule has 9 nitrogen and oxygen atoms in total. The first-order chi connectivity index (χ1) is 10.9. The van der Waals surface area contributed by atoms with Crippen LogP contribution >= 0.6 is 11.8 Å². The van der Waals surface area contributed by atoms with E-state index in [2.05, 4.69) is 0 Å². The van der Waals surface area contributed by atoms with Crippen LogP contribution in [0.15, 0.2) is 0 Å². The minimum Gasteiger partial charge on any atom is -0.480 e. The van der Waals surface area contributed by atoms with Crippen molar-refractivity contribution in [2.75, 3.05) is 11.5 Å². The lowest BCUT2D eigenvalue weighted by molar-refractivity contribution is -0.192. The predicted octanol–water partition coefficient (Wildman–Crippen LogP) is -1.41. The van der Waals surface area contributed by atoms with E-state index in [9.17, 15) is 28.2 Å². The summed E-state index contributed by atoms with van der Waals surface area (Å²) in [5, 5.41) is 43.5. The van der Waals surface area contributed by atoms with Crippen molar-refractivity contribution in [3.63, 3.8) is 0 Å². The van der Waals surface area contributed by atoms with Crippen molar-refractivity contribution in [3.8, 4) is 0 Å². The first-order valence-corrected chi connectivity index (χ1v) is 7.59. The maximum absolute atomic E-state index is 10.6. The molecule has 24 heavy (non-hydrogen) atoms. The number of nitrogens with two attached hydrogens (primary N) is 1. The van der Waals surface area contributed by atoms with Gasteiger partial charge in [-0.05, 0) is 12.2 Å². The molecule has 1 fully saturated rings. The number of aliphatic hydroxyl groups excluding tert-OH is 3. The van der Waals surface area contributed by atoms with Crippen LogP contribution in [0.1, 0.15) is 6.42 Å². The molecule has 1 aliphatic heterocycles. The molecule has 0 aromatic carbocycles. The number of thioether (sulfide) groups is 1. The molecule has 0 amide bonds. The van der Waals surface area contributed by atoms with Gasteiger partial charge in [-0.25, -0.2) is 4.79 Å². The zero-order valence-electron chi connectivity index (χ0n) is 12.1. The Kier molecular flexibility index (Phi) is 9.54. The first-order valence-electron chi connectivity index (χ1n) is 6.43. The van der Waals surface area contributed by atoms with E-state index in [1.54, 1.807) is 0 Å². The highest BCUT2D eigenvalue weighted by Crippen LogP contribution is 2.23. The molecule has 142 valence electrons. The van der Waals surface area contributed by atoms with Crippen LogP contribution in [0.2, 0.25) is 0 Å². The number of carbonyl (C=O) groups is 2. The zero-order chi connectivity index (χ0) is 19.1. The SMILES string of the molecule is N[C@@H](CCSC[C@H]1O[C@H](O)[C@H](O)[C@@H]1O)C(=O)O.O=C(O)C(F)(F)F. The topological polar surface area (TPSA) is 171 Å². The summed E-state index contributed by atoms with van der Waals surface area (Å²) < 4.78 is 36.7. The number of alkyl halides is 3. The van der Waals surface area contributed by atoms with Gasteiger partial charge in [-0.1, -0.05) is 0 Å². The maximum atomic E-state index is 10.6. The summed E-state index contributed by atoms with van der Waals surface area (Å²) in [7, 11) is 0. The molecular formula is C11H18F3NO8S. The second-order valence-electron chi connectivity index (χ2n) is 4.66. The fourth-order valence-corrected chi connectivity index (χ4v) is 2.50. The molecule has 0 radical (unpaired) electrons. The van der Waals surface area contributed by atoms with Crippen LogP contribution in [-0.2, 0) is 14.3 Å². The van der Waals surface area contributed by atoms with Crippen LogP contribution in [0.4, 0.5) is 13.2 Å². The van der Waals surface area contributed by atoms with E-state index in [4.69, 9.17) is 30.6 Å². The van der Waals surface area contributed by atoms with Crippen molar-refractivity contribution in [2.45, 2.75) is 43.2 Å². The van der Waals surface area contributed by atoms with Gasteiger partial charge in [0.1, 0.15) is 18.2 Å². The highest BCUT2D eigenvalue weighted by Gasteiger charge is 2.41. The molecule has 1 rings (SSSR count). The fourth-order valence-electron chi connectivity index (χ4n) is 1.40. The summed E-state index contributed by atoms with van der Waals surface area (Å²) in [4.78, 5) is 19.3. The van der Waals surface area contributed by atoms with Gasteiger partial charge in [-0.3, -0.25) is 4.79 Å². The predicted molar refractivity (Wildman–Crippen MR) is 74.1 cm³/mol. The van der Waals surface area contributed by atoms with E-state index in [0.717, 1.165) is 0 Å². The number of carboxylic acid groups (broad SMARTS) is 2. The molecule has 5 atom stereocenters. The molecule has 7 N–H and O–H groups in total. The summed E-state index contributed by atoms with van der Waals surface area (Å²) in [6.07, 6.45) is -9.19. The number of rotatable bonds is 6.